The number of sulfonamides is 1. The van der Waals surface area contributed by atoms with Crippen molar-refractivity contribution in [3.8, 4) is 5.69 Å². The second-order valence-electron chi connectivity index (χ2n) is 8.49. The van der Waals surface area contributed by atoms with Crippen molar-refractivity contribution in [2.45, 2.75) is 11.1 Å². The predicted molar refractivity (Wildman–Crippen MR) is 132 cm³/mol. The van der Waals surface area contributed by atoms with Crippen molar-refractivity contribution in [3.05, 3.63) is 89.2 Å². The van der Waals surface area contributed by atoms with Gasteiger partial charge in [-0.15, -0.1) is 0 Å². The molecule has 0 unspecified atom stereocenters. The van der Waals surface area contributed by atoms with Gasteiger partial charge in [-0.25, -0.2) is 13.4 Å². The number of hydrogen-bond donors (Lipinski definition) is 0. The monoisotopic (exact) mass is 548 g/mol. The molecule has 0 aliphatic carbocycles. The molecule has 1 saturated heterocycles. The first-order chi connectivity index (χ1) is 17.6. The van der Waals surface area contributed by atoms with Gasteiger partial charge in [-0.2, -0.15) is 17.5 Å². The van der Waals surface area contributed by atoms with Crippen molar-refractivity contribution < 1.29 is 26.4 Å². The lowest BCUT2D eigenvalue weighted by atomic mass is 10.1. The molecule has 7 nitrogen and oxygen atoms in total. The second kappa shape index (κ2) is 9.47. The Morgan fingerprint density at radius 3 is 2.27 bits per heavy atom. The van der Waals surface area contributed by atoms with E-state index in [9.17, 15) is 26.4 Å². The van der Waals surface area contributed by atoms with Gasteiger partial charge in [0.05, 0.1) is 21.6 Å². The smallest absolute Gasteiger partial charge is 0.336 e. The van der Waals surface area contributed by atoms with Crippen LogP contribution in [0.2, 0.25) is 5.02 Å². The summed E-state index contributed by atoms with van der Waals surface area (Å²) < 4.78 is 68.4. The first-order valence-corrected chi connectivity index (χ1v) is 13.1. The maximum atomic E-state index is 13.1. The molecule has 0 atom stereocenters. The zero-order valence-electron chi connectivity index (χ0n) is 19.2. The van der Waals surface area contributed by atoms with E-state index in [2.05, 4.69) is 4.98 Å². The Labute approximate surface area is 215 Å². The van der Waals surface area contributed by atoms with Crippen molar-refractivity contribution in [1.82, 2.24) is 18.8 Å². The lowest BCUT2D eigenvalue weighted by Crippen LogP contribution is -2.50. The van der Waals surface area contributed by atoms with Crippen molar-refractivity contribution >= 4 is 38.6 Å². The van der Waals surface area contributed by atoms with Crippen LogP contribution in [0.3, 0.4) is 0 Å². The molecule has 4 aromatic rings. The van der Waals surface area contributed by atoms with E-state index in [0.717, 1.165) is 33.2 Å². The molecule has 0 N–H and O–H groups in total. The topological polar surface area (TPSA) is 75.5 Å². The van der Waals surface area contributed by atoms with E-state index in [1.165, 1.54) is 4.90 Å². The summed E-state index contributed by atoms with van der Waals surface area (Å²) in [5.74, 6) is -0.267. The highest BCUT2D eigenvalue weighted by molar-refractivity contribution is 7.89. The molecule has 2 heterocycles. The van der Waals surface area contributed by atoms with E-state index in [4.69, 9.17) is 11.6 Å². The summed E-state index contributed by atoms with van der Waals surface area (Å²) in [6, 6.07) is 16.9. The van der Waals surface area contributed by atoms with Gasteiger partial charge < -0.3 is 4.90 Å². The highest BCUT2D eigenvalue weighted by Gasteiger charge is 2.36. The molecular formula is C25H20ClF3N4O3S. The van der Waals surface area contributed by atoms with Crippen LogP contribution in [0, 0.1) is 0 Å². The molecule has 1 fully saturated rings. The molecule has 0 spiro atoms. The van der Waals surface area contributed by atoms with Gasteiger partial charge in [0, 0.05) is 37.4 Å². The Morgan fingerprint density at radius 2 is 1.59 bits per heavy atom. The molecule has 5 rings (SSSR count). The minimum atomic E-state index is -4.71. The summed E-state index contributed by atoms with van der Waals surface area (Å²) in [5, 5.41) is -0.294. The summed E-state index contributed by atoms with van der Waals surface area (Å²) in [7, 11) is -4.28. The van der Waals surface area contributed by atoms with E-state index in [-0.39, 0.29) is 37.1 Å². The number of carbonyl (C=O) groups excluding carboxylic acids is 1. The number of piperazine rings is 1. The molecular weight excluding hydrogens is 529 g/mol. The van der Waals surface area contributed by atoms with Crippen molar-refractivity contribution in [2.75, 3.05) is 26.2 Å². The number of para-hydroxylation sites is 2. The molecule has 37 heavy (non-hydrogen) atoms. The first-order valence-electron chi connectivity index (χ1n) is 11.2. The zero-order valence-corrected chi connectivity index (χ0v) is 20.8. The SMILES string of the molecule is O=C(c1ccc(-n2cnc3ccccc32)cc1)N1CCN(S(=O)(=O)c2cc(C(F)(F)F)ccc2Cl)CC1. The summed E-state index contributed by atoms with van der Waals surface area (Å²) in [5.41, 5.74) is 1.95. The standard InChI is InChI=1S/C25H20ClF3N4O3S/c26-20-10-7-18(25(27,28)29)15-23(20)37(35,36)32-13-11-31(12-14-32)24(34)17-5-8-19(9-6-17)33-16-30-21-3-1-2-4-22(21)33/h1-10,15-16H,11-14H2. The Bertz CT molecular complexity index is 1580. The summed E-state index contributed by atoms with van der Waals surface area (Å²) >= 11 is 5.95. The van der Waals surface area contributed by atoms with Crippen molar-refractivity contribution in [2.24, 2.45) is 0 Å². The number of halogens is 4. The van der Waals surface area contributed by atoms with Crippen molar-refractivity contribution in [1.29, 1.82) is 0 Å². The zero-order chi connectivity index (χ0) is 26.4. The number of imidazole rings is 1. The van der Waals surface area contributed by atoms with Gasteiger partial charge in [0.2, 0.25) is 10.0 Å². The molecule has 12 heteroatoms. The molecule has 1 aromatic heterocycles. The number of nitrogens with zero attached hydrogens (tertiary/aromatic N) is 4. The van der Waals surface area contributed by atoms with Crippen LogP contribution in [-0.2, 0) is 16.2 Å². The molecule has 0 radical (unpaired) electrons. The number of rotatable bonds is 4. The van der Waals surface area contributed by atoms with E-state index in [1.54, 1.807) is 30.6 Å². The third kappa shape index (κ3) is 4.81. The Morgan fingerprint density at radius 1 is 0.919 bits per heavy atom. The second-order valence-corrected chi connectivity index (χ2v) is 10.8. The quantitative estimate of drug-likeness (QED) is 0.366. The fraction of sp³-hybridized carbons (Fsp3) is 0.200. The van der Waals surface area contributed by atoms with E-state index in [0.29, 0.717) is 11.6 Å². The average molecular weight is 549 g/mol. The van der Waals surface area contributed by atoms with Crippen LogP contribution in [0.4, 0.5) is 13.2 Å². The van der Waals surface area contributed by atoms with Gasteiger partial charge in [0.25, 0.3) is 5.91 Å². The number of alkyl halides is 3. The van der Waals surface area contributed by atoms with Crippen LogP contribution in [0.15, 0.2) is 78.0 Å². The van der Waals surface area contributed by atoms with Crippen LogP contribution in [0.5, 0.6) is 0 Å². The van der Waals surface area contributed by atoms with Crippen LogP contribution in [0.1, 0.15) is 15.9 Å². The minimum Gasteiger partial charge on any atom is -0.336 e. The predicted octanol–water partition coefficient (Wildman–Crippen LogP) is 4.84. The number of benzene rings is 3. The number of hydrogen-bond acceptors (Lipinski definition) is 4. The van der Waals surface area contributed by atoms with E-state index in [1.807, 2.05) is 28.8 Å². The largest absolute Gasteiger partial charge is 0.416 e. The van der Waals surface area contributed by atoms with Gasteiger partial charge in [0.15, 0.2) is 0 Å². The summed E-state index contributed by atoms with van der Waals surface area (Å²) in [4.78, 5) is 18.3. The summed E-state index contributed by atoms with van der Waals surface area (Å²) in [6.45, 7) is 0.0324. The van der Waals surface area contributed by atoms with Crippen molar-refractivity contribution in [3.63, 3.8) is 0 Å². The Balaban J connectivity index is 1.28. The van der Waals surface area contributed by atoms with Gasteiger partial charge in [0.1, 0.15) is 11.2 Å². The van der Waals surface area contributed by atoms with E-state index >= 15 is 0 Å². The summed E-state index contributed by atoms with van der Waals surface area (Å²) in [6.07, 6.45) is -3.00. The fourth-order valence-corrected chi connectivity index (χ4v) is 6.18. The first kappa shape index (κ1) is 25.2. The minimum absolute atomic E-state index is 0.0697. The third-order valence-electron chi connectivity index (χ3n) is 6.25. The Hall–Kier alpha value is -3.41. The number of aromatic nitrogens is 2. The highest BCUT2D eigenvalue weighted by atomic mass is 35.5. The number of amides is 1. The lowest BCUT2D eigenvalue weighted by Gasteiger charge is -2.34. The molecule has 1 aliphatic heterocycles. The van der Waals surface area contributed by atoms with Crippen LogP contribution in [-0.4, -0.2) is 59.3 Å². The van der Waals surface area contributed by atoms with Crippen LogP contribution < -0.4 is 0 Å². The lowest BCUT2D eigenvalue weighted by molar-refractivity contribution is -0.137. The Kier molecular flexibility index (Phi) is 6.47. The average Bonchev–Trinajstić information content (AvgIpc) is 3.32. The van der Waals surface area contributed by atoms with Crippen LogP contribution >= 0.6 is 11.6 Å². The molecule has 3 aromatic carbocycles. The molecule has 0 bridgehead atoms. The van der Waals surface area contributed by atoms with Crippen LogP contribution in [0.25, 0.3) is 16.7 Å². The fourth-order valence-electron chi connectivity index (χ4n) is 4.26. The maximum Gasteiger partial charge on any atom is 0.416 e. The molecule has 1 amide bonds. The normalized spacial score (nSPS) is 15.3. The highest BCUT2D eigenvalue weighted by Crippen LogP contribution is 2.34. The van der Waals surface area contributed by atoms with Gasteiger partial charge in [-0.1, -0.05) is 23.7 Å². The molecule has 0 saturated carbocycles. The molecule has 1 aliphatic rings. The van der Waals surface area contributed by atoms with Gasteiger partial charge in [-0.05, 0) is 54.6 Å². The number of fused-ring (bicyclic) bond motifs is 1. The third-order valence-corrected chi connectivity index (χ3v) is 8.63. The van der Waals surface area contributed by atoms with Gasteiger partial charge in [-0.3, -0.25) is 9.36 Å². The molecule has 192 valence electrons. The maximum absolute atomic E-state index is 13.1. The van der Waals surface area contributed by atoms with Gasteiger partial charge >= 0.3 is 6.18 Å². The number of carbonyl (C=O) groups is 1. The van der Waals surface area contributed by atoms with E-state index < -0.39 is 26.7 Å².